The third-order valence-corrected chi connectivity index (χ3v) is 9.95. The summed E-state index contributed by atoms with van der Waals surface area (Å²) in [6, 6.07) is 48.6. The highest BCUT2D eigenvalue weighted by atomic mass is 16.2. The molecule has 0 aromatic heterocycles. The Hall–Kier alpha value is -5.75. The Bertz CT molecular complexity index is 2010. The molecule has 0 radical (unpaired) electrons. The number of para-hydroxylation sites is 1. The second-order valence-corrected chi connectivity index (χ2v) is 21.4. The van der Waals surface area contributed by atoms with Crippen LogP contribution in [0.1, 0.15) is 158 Å². The van der Waals surface area contributed by atoms with Crippen molar-refractivity contribution in [1.29, 1.82) is 0 Å². The van der Waals surface area contributed by atoms with Crippen LogP contribution in [0, 0.1) is 27.1 Å². The lowest BCUT2D eigenvalue weighted by molar-refractivity contribution is -0.127. The van der Waals surface area contributed by atoms with Gasteiger partial charge in [0.15, 0.2) is 5.78 Å². The van der Waals surface area contributed by atoms with Crippen molar-refractivity contribution in [2.75, 3.05) is 5.32 Å². The zero-order valence-electron chi connectivity index (χ0n) is 44.5. The number of carbonyl (C=O) groups is 5. The standard InChI is InChI=1S/C13H18O.2C12H16O.C11H15NO.C11H14O.C2H6/c1-10(12(14)13(2,3)4)11-8-6-5-7-9-11;2*1-12(2,3)11(13)9-10-7-5-4-6-8-10;1-11(2,3)10(13)12-9-7-5-4-6-8-9;1-11(2,3)10(12)9-7-5-4-6-8-9;1-2/h5-10H,1-4H3;2*4-8H,9H2,1-3H3;4-8H,1-3H3,(H,12,13);4-8H,1-3H3;1-2H3. The summed E-state index contributed by atoms with van der Waals surface area (Å²) in [7, 11) is 0. The predicted octanol–water partition coefficient (Wildman–Crippen LogP) is 15.7. The van der Waals surface area contributed by atoms with Crippen molar-refractivity contribution in [3.8, 4) is 0 Å². The molecule has 0 aliphatic heterocycles. The number of Topliss-reactive ketones (excluding diaryl/α,β-unsaturated/α-hetero) is 4. The molecule has 1 N–H and O–H groups in total. The first-order valence-electron chi connectivity index (χ1n) is 23.6. The van der Waals surface area contributed by atoms with E-state index in [2.05, 4.69) is 5.32 Å². The Kier molecular flexibility index (Phi) is 26.6. The highest BCUT2D eigenvalue weighted by Gasteiger charge is 2.27. The summed E-state index contributed by atoms with van der Waals surface area (Å²) in [4.78, 5) is 58.4. The van der Waals surface area contributed by atoms with E-state index in [0.29, 0.717) is 30.2 Å². The average molecular weight is 912 g/mol. The van der Waals surface area contributed by atoms with Crippen LogP contribution in [-0.2, 0) is 32.0 Å². The van der Waals surface area contributed by atoms with Crippen LogP contribution in [0.25, 0.3) is 0 Å². The minimum absolute atomic E-state index is 0.00352. The normalized spacial score (nSPS) is 11.5. The molecule has 67 heavy (non-hydrogen) atoms. The number of benzene rings is 5. The number of rotatable bonds is 8. The van der Waals surface area contributed by atoms with E-state index in [1.807, 2.05) is 276 Å². The van der Waals surface area contributed by atoms with Gasteiger partial charge >= 0.3 is 0 Å². The van der Waals surface area contributed by atoms with Gasteiger partial charge in [-0.05, 0) is 28.8 Å². The van der Waals surface area contributed by atoms with Crippen molar-refractivity contribution in [3.63, 3.8) is 0 Å². The first kappa shape index (κ1) is 61.2. The van der Waals surface area contributed by atoms with Gasteiger partial charge in [-0.1, -0.05) is 264 Å². The third kappa shape index (κ3) is 26.2. The Labute approximate surface area is 406 Å². The summed E-state index contributed by atoms with van der Waals surface area (Å²) >= 11 is 0. The quantitative estimate of drug-likeness (QED) is 0.156. The van der Waals surface area contributed by atoms with Gasteiger partial charge < -0.3 is 5.32 Å². The summed E-state index contributed by atoms with van der Waals surface area (Å²) < 4.78 is 0. The molecule has 0 saturated heterocycles. The van der Waals surface area contributed by atoms with E-state index in [4.69, 9.17) is 0 Å². The van der Waals surface area contributed by atoms with Crippen LogP contribution in [0.5, 0.6) is 0 Å². The van der Waals surface area contributed by atoms with Crippen molar-refractivity contribution in [1.82, 2.24) is 0 Å². The fourth-order valence-electron chi connectivity index (χ4n) is 5.50. The maximum absolute atomic E-state index is 12.0. The molecule has 1 amide bonds. The fraction of sp³-hybridized carbons (Fsp3) is 0.426. The molecule has 1 atom stereocenters. The lowest BCUT2D eigenvalue weighted by Crippen LogP contribution is -2.27. The summed E-state index contributed by atoms with van der Waals surface area (Å²) in [5.41, 5.74) is 3.63. The van der Waals surface area contributed by atoms with Gasteiger partial charge in [0.25, 0.3) is 0 Å². The van der Waals surface area contributed by atoms with Gasteiger partial charge in [-0.15, -0.1) is 0 Å². The maximum atomic E-state index is 12.0. The molecule has 0 fully saturated rings. The van der Waals surface area contributed by atoms with Gasteiger partial charge in [0.05, 0.1) is 0 Å². The molecule has 0 spiro atoms. The second-order valence-electron chi connectivity index (χ2n) is 21.4. The van der Waals surface area contributed by atoms with Crippen molar-refractivity contribution in [3.05, 3.63) is 174 Å². The van der Waals surface area contributed by atoms with Crippen LogP contribution in [0.3, 0.4) is 0 Å². The van der Waals surface area contributed by atoms with Gasteiger partial charge in [-0.25, -0.2) is 0 Å². The minimum atomic E-state index is -0.337. The van der Waals surface area contributed by atoms with Gasteiger partial charge in [-0.3, -0.25) is 24.0 Å². The molecule has 0 aliphatic carbocycles. The van der Waals surface area contributed by atoms with Crippen molar-refractivity contribution < 1.29 is 24.0 Å². The van der Waals surface area contributed by atoms with E-state index in [0.717, 1.165) is 27.9 Å². The lowest BCUT2D eigenvalue weighted by atomic mass is 9.81. The Morgan fingerprint density at radius 1 is 0.403 bits per heavy atom. The molecular formula is C61H85NO5. The van der Waals surface area contributed by atoms with Crippen LogP contribution in [0.2, 0.25) is 0 Å². The summed E-state index contributed by atoms with van der Waals surface area (Å²) in [5.74, 6) is 1.11. The molecule has 1 unspecified atom stereocenters. The van der Waals surface area contributed by atoms with Crippen LogP contribution >= 0.6 is 0 Å². The van der Waals surface area contributed by atoms with Crippen LogP contribution < -0.4 is 5.32 Å². The molecule has 0 saturated carbocycles. The zero-order chi connectivity index (χ0) is 51.6. The smallest absolute Gasteiger partial charge is 0.229 e. The largest absolute Gasteiger partial charge is 0.326 e. The number of anilines is 1. The van der Waals surface area contributed by atoms with E-state index < -0.39 is 0 Å². The zero-order valence-corrected chi connectivity index (χ0v) is 44.5. The van der Waals surface area contributed by atoms with Crippen LogP contribution in [0.4, 0.5) is 5.69 Å². The molecule has 6 heteroatoms. The van der Waals surface area contributed by atoms with Crippen molar-refractivity contribution in [2.45, 2.75) is 143 Å². The molecule has 5 aromatic rings. The number of amides is 1. The van der Waals surface area contributed by atoms with Crippen molar-refractivity contribution >= 4 is 34.7 Å². The number of nitrogens with one attached hydrogen (secondary N) is 1. The van der Waals surface area contributed by atoms with Gasteiger partial charge in [0, 0.05) is 57.1 Å². The highest BCUT2D eigenvalue weighted by molar-refractivity contribution is 5.99. The average Bonchev–Trinajstić information content (AvgIpc) is 3.27. The third-order valence-electron chi connectivity index (χ3n) is 9.95. The van der Waals surface area contributed by atoms with E-state index in [1.54, 1.807) is 0 Å². The van der Waals surface area contributed by atoms with Crippen molar-refractivity contribution in [2.24, 2.45) is 27.1 Å². The molecule has 5 rings (SSSR count). The number of hydrogen-bond donors (Lipinski definition) is 1. The lowest BCUT2D eigenvalue weighted by Gasteiger charge is -2.21. The van der Waals surface area contributed by atoms with E-state index in [-0.39, 0.29) is 44.7 Å². The Balaban J connectivity index is 0.000000805. The number of carbonyl (C=O) groups excluding carboxylic acids is 5. The summed E-state index contributed by atoms with van der Waals surface area (Å²) in [5, 5.41) is 2.84. The highest BCUT2D eigenvalue weighted by Crippen LogP contribution is 2.27. The van der Waals surface area contributed by atoms with Gasteiger partial charge in [0.1, 0.15) is 17.3 Å². The molecule has 364 valence electrons. The molecular weight excluding hydrogens is 827 g/mol. The Morgan fingerprint density at radius 2 is 0.716 bits per heavy atom. The van der Waals surface area contributed by atoms with Gasteiger partial charge in [0.2, 0.25) is 5.91 Å². The van der Waals surface area contributed by atoms with E-state index in [1.165, 1.54) is 0 Å². The molecule has 0 aliphatic rings. The monoisotopic (exact) mass is 912 g/mol. The van der Waals surface area contributed by atoms with Gasteiger partial charge in [-0.2, -0.15) is 0 Å². The molecule has 0 bridgehead atoms. The van der Waals surface area contributed by atoms with E-state index in [9.17, 15) is 24.0 Å². The molecule has 0 heterocycles. The first-order chi connectivity index (χ1) is 30.9. The Morgan fingerprint density at radius 3 is 1.01 bits per heavy atom. The van der Waals surface area contributed by atoms with Crippen LogP contribution in [-0.4, -0.2) is 29.0 Å². The summed E-state index contributed by atoms with van der Waals surface area (Å²) in [6.07, 6.45) is 1.09. The topological polar surface area (TPSA) is 97.4 Å². The number of hydrogen-bond acceptors (Lipinski definition) is 5. The second kappa shape index (κ2) is 29.1. The number of ketones is 4. The van der Waals surface area contributed by atoms with E-state index >= 15 is 0 Å². The molecule has 6 nitrogen and oxygen atoms in total. The molecule has 5 aromatic carbocycles. The SMILES string of the molecule is CC.CC(C(=O)C(C)(C)C)c1ccccc1.CC(C)(C)C(=O)Cc1ccccc1.CC(C)(C)C(=O)Cc1ccccc1.CC(C)(C)C(=O)Nc1ccccc1.CC(C)(C)C(=O)c1ccccc1. The first-order valence-corrected chi connectivity index (χ1v) is 23.6. The maximum Gasteiger partial charge on any atom is 0.229 e. The fourth-order valence-corrected chi connectivity index (χ4v) is 5.50. The predicted molar refractivity (Wildman–Crippen MR) is 285 cm³/mol. The minimum Gasteiger partial charge on any atom is -0.326 e. The van der Waals surface area contributed by atoms with Crippen LogP contribution in [0.15, 0.2) is 152 Å². The summed E-state index contributed by atoms with van der Waals surface area (Å²) in [6.45, 7) is 35.1.